The third-order valence-corrected chi connectivity index (χ3v) is 4.50. The predicted molar refractivity (Wildman–Crippen MR) is 91.2 cm³/mol. The number of hydrogen-bond donors (Lipinski definition) is 0. The number of aromatic nitrogens is 1. The maximum atomic E-state index is 14.6. The topological polar surface area (TPSA) is 74.6 Å². The van der Waals surface area contributed by atoms with Crippen LogP contribution in [-0.2, 0) is 36.7 Å². The molecule has 0 aliphatic carbocycles. The lowest BCUT2D eigenvalue weighted by Crippen LogP contribution is -2.34. The van der Waals surface area contributed by atoms with E-state index in [0.29, 0.717) is 23.1 Å². The fourth-order valence-corrected chi connectivity index (χ4v) is 3.53. The smallest absolute Gasteiger partial charge is 0.336 e. The van der Waals surface area contributed by atoms with Crippen LogP contribution in [0.3, 0.4) is 0 Å². The van der Waals surface area contributed by atoms with E-state index in [1.807, 2.05) is 0 Å². The van der Waals surface area contributed by atoms with E-state index in [1.165, 1.54) is 10.6 Å². The molecule has 0 spiro atoms. The Kier molecular flexibility index (Phi) is 5.06. The zero-order valence-corrected chi connectivity index (χ0v) is 14.7. The van der Waals surface area contributed by atoms with Crippen LogP contribution in [0.1, 0.15) is 37.6 Å². The van der Waals surface area contributed by atoms with Crippen LogP contribution in [0.5, 0.6) is 0 Å². The number of fused-ring (bicyclic) bond motifs is 3. The first kappa shape index (κ1) is 18.1. The first-order chi connectivity index (χ1) is 12.5. The second kappa shape index (κ2) is 7.27. The van der Waals surface area contributed by atoms with Crippen LogP contribution in [-0.4, -0.2) is 35.5 Å². The van der Waals surface area contributed by atoms with Gasteiger partial charge in [-0.2, -0.15) is 0 Å². The number of carbonyl (C=O) groups is 3. The molecule has 1 atom stereocenters. The number of benzene rings is 1. The summed E-state index contributed by atoms with van der Waals surface area (Å²) in [5.41, 5.74) is 1.35. The van der Waals surface area contributed by atoms with Crippen molar-refractivity contribution in [3.8, 4) is 0 Å². The molecule has 138 valence electrons. The van der Waals surface area contributed by atoms with Crippen molar-refractivity contribution in [2.24, 2.45) is 0 Å². The maximum absolute atomic E-state index is 14.6. The molecule has 1 aromatic heterocycles. The minimum atomic E-state index is -1.23. The van der Waals surface area contributed by atoms with Crippen LogP contribution in [0, 0.1) is 5.82 Å². The Morgan fingerprint density at radius 2 is 1.92 bits per heavy atom. The third kappa shape index (κ3) is 2.98. The van der Waals surface area contributed by atoms with E-state index < -0.39 is 23.8 Å². The van der Waals surface area contributed by atoms with E-state index in [2.05, 4.69) is 0 Å². The summed E-state index contributed by atoms with van der Waals surface area (Å²) in [5.74, 6) is -2.01. The van der Waals surface area contributed by atoms with Crippen molar-refractivity contribution in [2.75, 3.05) is 13.2 Å². The van der Waals surface area contributed by atoms with Gasteiger partial charge in [0.25, 0.3) is 0 Å². The number of ether oxygens (including phenoxy) is 2. The van der Waals surface area contributed by atoms with E-state index in [9.17, 15) is 18.8 Å². The number of carbonyl (C=O) groups excluding carboxylic acids is 3. The molecule has 6 nitrogen and oxygen atoms in total. The second-order valence-electron chi connectivity index (χ2n) is 6.03. The largest absolute Gasteiger partial charge is 0.466 e. The summed E-state index contributed by atoms with van der Waals surface area (Å²) >= 11 is 0. The number of rotatable bonds is 5. The molecule has 0 bridgehead atoms. The lowest BCUT2D eigenvalue weighted by Gasteiger charge is -2.25. The van der Waals surface area contributed by atoms with Crippen molar-refractivity contribution < 1.29 is 28.2 Å². The van der Waals surface area contributed by atoms with Gasteiger partial charge >= 0.3 is 11.9 Å². The molecule has 2 aromatic rings. The minimum absolute atomic E-state index is 0.0418. The fourth-order valence-electron chi connectivity index (χ4n) is 3.53. The molecule has 1 aromatic carbocycles. The van der Waals surface area contributed by atoms with Gasteiger partial charge in [0.15, 0.2) is 11.8 Å². The number of Topliss-reactive ketones (excluding diaryl/α,β-unsaturated/α-hetero) is 1. The summed E-state index contributed by atoms with van der Waals surface area (Å²) in [7, 11) is 0. The molecular formula is C19H20FNO5. The van der Waals surface area contributed by atoms with Crippen LogP contribution in [0.4, 0.5) is 4.39 Å². The molecule has 0 radical (unpaired) electrons. The van der Waals surface area contributed by atoms with Crippen molar-refractivity contribution in [2.45, 2.75) is 39.2 Å². The highest BCUT2D eigenvalue weighted by Gasteiger charge is 2.38. The SMILES string of the molecule is CCOC(=O)Cc1c2n(c3c(F)cccc13)C(C(=O)OCC)C(=O)CC2. The summed E-state index contributed by atoms with van der Waals surface area (Å²) in [5, 5.41) is 0.511. The number of hydrogen-bond acceptors (Lipinski definition) is 5. The summed E-state index contributed by atoms with van der Waals surface area (Å²) in [6.07, 6.45) is 0.425. The van der Waals surface area contributed by atoms with Gasteiger partial charge in [-0.3, -0.25) is 9.59 Å². The quantitative estimate of drug-likeness (QED) is 0.604. The molecule has 0 saturated heterocycles. The van der Waals surface area contributed by atoms with E-state index in [-0.39, 0.29) is 37.4 Å². The lowest BCUT2D eigenvalue weighted by molar-refractivity contribution is -0.151. The standard InChI is InChI=1S/C19H20FNO5/c1-3-25-16(23)10-12-11-6-5-7-13(20)17(11)21-14(12)8-9-15(22)18(21)19(24)26-4-2/h5-7,18H,3-4,8-10H2,1-2H3. The van der Waals surface area contributed by atoms with Gasteiger partial charge in [-0.05, 0) is 31.9 Å². The van der Waals surface area contributed by atoms with Crippen LogP contribution in [0.15, 0.2) is 18.2 Å². The molecule has 7 heteroatoms. The number of para-hydroxylation sites is 1. The molecule has 1 unspecified atom stereocenters. The number of esters is 2. The third-order valence-electron chi connectivity index (χ3n) is 4.50. The molecule has 2 heterocycles. The number of ketones is 1. The van der Waals surface area contributed by atoms with E-state index in [0.717, 1.165) is 0 Å². The van der Waals surface area contributed by atoms with Gasteiger partial charge in [-0.15, -0.1) is 0 Å². The number of nitrogens with zero attached hydrogens (tertiary/aromatic N) is 1. The van der Waals surface area contributed by atoms with Crippen LogP contribution in [0.2, 0.25) is 0 Å². The molecule has 3 rings (SSSR count). The fraction of sp³-hybridized carbons (Fsp3) is 0.421. The molecule has 0 saturated carbocycles. The average molecular weight is 361 g/mol. The summed E-state index contributed by atoms with van der Waals surface area (Å²) < 4.78 is 26.1. The summed E-state index contributed by atoms with van der Waals surface area (Å²) in [6.45, 7) is 3.72. The van der Waals surface area contributed by atoms with Gasteiger partial charge in [-0.1, -0.05) is 12.1 Å². The molecule has 1 aliphatic heterocycles. The Bertz CT molecular complexity index is 886. The van der Waals surface area contributed by atoms with Crippen LogP contribution >= 0.6 is 0 Å². The van der Waals surface area contributed by atoms with Crippen molar-refractivity contribution in [1.29, 1.82) is 0 Å². The summed E-state index contributed by atoms with van der Waals surface area (Å²) in [6, 6.07) is 3.27. The van der Waals surface area contributed by atoms with Crippen LogP contribution in [0.25, 0.3) is 10.9 Å². The molecule has 0 N–H and O–H groups in total. The predicted octanol–water partition coefficient (Wildman–Crippen LogP) is 2.51. The molecular weight excluding hydrogens is 341 g/mol. The molecule has 0 fully saturated rings. The highest BCUT2D eigenvalue weighted by atomic mass is 19.1. The van der Waals surface area contributed by atoms with Gasteiger partial charge in [0.1, 0.15) is 5.82 Å². The number of halogens is 1. The van der Waals surface area contributed by atoms with Gasteiger partial charge in [0.05, 0.1) is 25.2 Å². The normalized spacial score (nSPS) is 16.4. The highest BCUT2D eigenvalue weighted by molar-refractivity contribution is 6.05. The van der Waals surface area contributed by atoms with Crippen molar-refractivity contribution in [3.05, 3.63) is 35.3 Å². The van der Waals surface area contributed by atoms with Crippen LogP contribution < -0.4 is 0 Å². The summed E-state index contributed by atoms with van der Waals surface area (Å²) in [4.78, 5) is 36.8. The molecule has 26 heavy (non-hydrogen) atoms. The minimum Gasteiger partial charge on any atom is -0.466 e. The Balaban J connectivity index is 2.23. The van der Waals surface area contributed by atoms with Gasteiger partial charge in [-0.25, -0.2) is 9.18 Å². The van der Waals surface area contributed by atoms with Crippen molar-refractivity contribution in [3.63, 3.8) is 0 Å². The monoisotopic (exact) mass is 361 g/mol. The van der Waals surface area contributed by atoms with Gasteiger partial charge < -0.3 is 14.0 Å². The zero-order chi connectivity index (χ0) is 18.8. The van der Waals surface area contributed by atoms with Gasteiger partial charge in [0.2, 0.25) is 0 Å². The highest BCUT2D eigenvalue weighted by Crippen LogP contribution is 2.36. The lowest BCUT2D eigenvalue weighted by atomic mass is 9.98. The molecule has 0 amide bonds. The van der Waals surface area contributed by atoms with E-state index in [4.69, 9.17) is 9.47 Å². The van der Waals surface area contributed by atoms with Crippen molar-refractivity contribution >= 4 is 28.6 Å². The Morgan fingerprint density at radius 3 is 2.62 bits per heavy atom. The maximum Gasteiger partial charge on any atom is 0.336 e. The Labute approximate surface area is 149 Å². The first-order valence-corrected chi connectivity index (χ1v) is 8.64. The Hall–Kier alpha value is -2.70. The Morgan fingerprint density at radius 1 is 1.19 bits per heavy atom. The first-order valence-electron chi connectivity index (χ1n) is 8.64. The molecule has 1 aliphatic rings. The zero-order valence-electron chi connectivity index (χ0n) is 14.7. The average Bonchev–Trinajstić information content (AvgIpc) is 2.90. The van der Waals surface area contributed by atoms with Crippen molar-refractivity contribution in [1.82, 2.24) is 4.57 Å². The van der Waals surface area contributed by atoms with E-state index in [1.54, 1.807) is 26.0 Å². The van der Waals surface area contributed by atoms with Gasteiger partial charge in [0, 0.05) is 17.5 Å². The second-order valence-corrected chi connectivity index (χ2v) is 6.03. The van der Waals surface area contributed by atoms with E-state index >= 15 is 0 Å².